The highest BCUT2D eigenvalue weighted by atomic mass is 16.6. The number of amides is 2. The predicted molar refractivity (Wildman–Crippen MR) is 119 cm³/mol. The van der Waals surface area contributed by atoms with Crippen molar-refractivity contribution in [2.24, 2.45) is 5.73 Å². The Labute approximate surface area is 176 Å². The molecule has 0 fully saturated rings. The second-order valence-electron chi connectivity index (χ2n) is 7.28. The van der Waals surface area contributed by atoms with E-state index >= 15 is 0 Å². The summed E-state index contributed by atoms with van der Waals surface area (Å²) in [6.07, 6.45) is 1.54. The summed E-state index contributed by atoms with van der Waals surface area (Å²) in [5.74, 6) is -0.146. The maximum Gasteiger partial charge on any atom is 0.405 e. The van der Waals surface area contributed by atoms with Gasteiger partial charge >= 0.3 is 6.09 Å². The molecule has 0 aliphatic heterocycles. The lowest BCUT2D eigenvalue weighted by molar-refractivity contribution is 0.0950. The number of nitrogens with one attached hydrogen (secondary N) is 1. The van der Waals surface area contributed by atoms with Gasteiger partial charge in [-0.25, -0.2) is 4.79 Å². The van der Waals surface area contributed by atoms with Crippen molar-refractivity contribution in [1.29, 1.82) is 0 Å². The van der Waals surface area contributed by atoms with E-state index in [1.54, 1.807) is 12.1 Å². The number of anilines is 1. The molecule has 1 atom stereocenters. The average molecular weight is 405 g/mol. The fraction of sp³-hybridized carbons (Fsp3) is 0.250. The number of nitrogens with two attached hydrogens (primary N) is 2. The third-order valence-corrected chi connectivity index (χ3v) is 5.03. The van der Waals surface area contributed by atoms with Gasteiger partial charge in [0.2, 0.25) is 0 Å². The molecular weight excluding hydrogens is 378 g/mol. The van der Waals surface area contributed by atoms with E-state index in [-0.39, 0.29) is 12.0 Å². The van der Waals surface area contributed by atoms with Gasteiger partial charge in [-0.3, -0.25) is 4.79 Å². The first-order valence-corrected chi connectivity index (χ1v) is 10.1. The van der Waals surface area contributed by atoms with Crippen LogP contribution >= 0.6 is 0 Å². The molecule has 0 aliphatic rings. The Bertz CT molecular complexity index is 1030. The number of carbonyl (C=O) groups is 2. The number of primary amides is 1. The second kappa shape index (κ2) is 9.78. The van der Waals surface area contributed by atoms with E-state index in [0.717, 1.165) is 41.2 Å². The lowest BCUT2D eigenvalue weighted by atomic mass is 10.0. The van der Waals surface area contributed by atoms with Crippen LogP contribution in [0.2, 0.25) is 0 Å². The SMILES string of the molecule is CCCCC(OC(N)=O)c1ccc(CNC(=O)c2cccc3cc(N)ccc23)cc1. The summed E-state index contributed by atoms with van der Waals surface area (Å²) in [5, 5.41) is 4.75. The van der Waals surface area contributed by atoms with E-state index in [2.05, 4.69) is 12.2 Å². The first kappa shape index (κ1) is 21.2. The smallest absolute Gasteiger partial charge is 0.405 e. The van der Waals surface area contributed by atoms with Crippen LogP contribution in [0.1, 0.15) is 53.8 Å². The molecule has 2 amide bonds. The van der Waals surface area contributed by atoms with Crippen molar-refractivity contribution in [2.75, 3.05) is 5.73 Å². The maximum absolute atomic E-state index is 12.7. The highest BCUT2D eigenvalue weighted by molar-refractivity contribution is 6.07. The molecular formula is C24H27N3O3. The normalized spacial score (nSPS) is 11.8. The Balaban J connectivity index is 1.67. The molecule has 0 radical (unpaired) electrons. The van der Waals surface area contributed by atoms with Crippen LogP contribution < -0.4 is 16.8 Å². The maximum atomic E-state index is 12.7. The topological polar surface area (TPSA) is 107 Å². The van der Waals surface area contributed by atoms with E-state index in [4.69, 9.17) is 16.2 Å². The predicted octanol–water partition coefficient (Wildman–Crippen LogP) is 4.68. The minimum atomic E-state index is -0.774. The molecule has 156 valence electrons. The minimum Gasteiger partial charge on any atom is -0.442 e. The molecule has 30 heavy (non-hydrogen) atoms. The number of carbonyl (C=O) groups excluding carboxylic acids is 2. The third-order valence-electron chi connectivity index (χ3n) is 5.03. The van der Waals surface area contributed by atoms with Crippen molar-refractivity contribution in [3.05, 3.63) is 77.4 Å². The van der Waals surface area contributed by atoms with Crippen molar-refractivity contribution in [3.8, 4) is 0 Å². The highest BCUT2D eigenvalue weighted by Gasteiger charge is 2.15. The number of ether oxygens (including phenoxy) is 1. The Morgan fingerprint density at radius 2 is 1.83 bits per heavy atom. The van der Waals surface area contributed by atoms with E-state index in [0.29, 0.717) is 17.8 Å². The van der Waals surface area contributed by atoms with Crippen LogP contribution in [0, 0.1) is 0 Å². The fourth-order valence-electron chi connectivity index (χ4n) is 3.45. The monoisotopic (exact) mass is 405 g/mol. The molecule has 0 bridgehead atoms. The zero-order valence-electron chi connectivity index (χ0n) is 17.1. The van der Waals surface area contributed by atoms with Crippen LogP contribution in [0.4, 0.5) is 10.5 Å². The zero-order chi connectivity index (χ0) is 21.5. The van der Waals surface area contributed by atoms with E-state index in [1.807, 2.05) is 48.5 Å². The number of hydrogen-bond acceptors (Lipinski definition) is 4. The van der Waals surface area contributed by atoms with Crippen molar-refractivity contribution in [3.63, 3.8) is 0 Å². The summed E-state index contributed by atoms with van der Waals surface area (Å²) in [6, 6.07) is 18.8. The summed E-state index contributed by atoms with van der Waals surface area (Å²) < 4.78 is 5.24. The molecule has 5 N–H and O–H groups in total. The van der Waals surface area contributed by atoms with Crippen LogP contribution in [-0.4, -0.2) is 12.0 Å². The number of benzene rings is 3. The van der Waals surface area contributed by atoms with E-state index < -0.39 is 6.09 Å². The molecule has 0 spiro atoms. The summed E-state index contributed by atoms with van der Waals surface area (Å²) in [5.41, 5.74) is 14.2. The van der Waals surface area contributed by atoms with Gasteiger partial charge in [0.1, 0.15) is 6.10 Å². The van der Waals surface area contributed by atoms with Crippen LogP contribution in [0.3, 0.4) is 0 Å². The molecule has 0 heterocycles. The standard InChI is InChI=1S/C24H27N3O3/c1-2-3-7-22(30-24(26)29)17-10-8-16(9-11-17)15-27-23(28)21-6-4-5-18-14-19(25)12-13-20(18)21/h4-6,8-14,22H,2-3,7,15,25H2,1H3,(H2,26,29)(H,27,28). The van der Waals surface area contributed by atoms with Gasteiger partial charge in [0.05, 0.1) is 0 Å². The molecule has 0 saturated heterocycles. The molecule has 0 aromatic heterocycles. The summed E-state index contributed by atoms with van der Waals surface area (Å²) in [6.45, 7) is 2.47. The Morgan fingerprint density at radius 1 is 1.07 bits per heavy atom. The van der Waals surface area contributed by atoms with Crippen LogP contribution in [0.15, 0.2) is 60.7 Å². The van der Waals surface area contributed by atoms with Crippen LogP contribution in [0.25, 0.3) is 10.8 Å². The van der Waals surface area contributed by atoms with Gasteiger partial charge in [0.25, 0.3) is 5.91 Å². The highest BCUT2D eigenvalue weighted by Crippen LogP contribution is 2.24. The first-order valence-electron chi connectivity index (χ1n) is 10.1. The second-order valence-corrected chi connectivity index (χ2v) is 7.28. The number of nitrogen functional groups attached to an aromatic ring is 1. The molecule has 0 saturated carbocycles. The van der Waals surface area contributed by atoms with Crippen LogP contribution in [-0.2, 0) is 11.3 Å². The molecule has 0 aliphatic carbocycles. The minimum absolute atomic E-state index is 0.146. The Hall–Kier alpha value is -3.54. The Kier molecular flexibility index (Phi) is 6.91. The molecule has 1 unspecified atom stereocenters. The summed E-state index contributed by atoms with van der Waals surface area (Å²) in [4.78, 5) is 23.9. The quantitative estimate of drug-likeness (QED) is 0.473. The van der Waals surface area contributed by atoms with Crippen molar-refractivity contribution in [1.82, 2.24) is 5.32 Å². The third kappa shape index (κ3) is 5.29. The molecule has 3 aromatic carbocycles. The number of rotatable bonds is 8. The molecule has 3 aromatic rings. The van der Waals surface area contributed by atoms with Gasteiger partial charge < -0.3 is 21.5 Å². The van der Waals surface area contributed by atoms with Gasteiger partial charge in [0.15, 0.2) is 0 Å². The first-order chi connectivity index (χ1) is 14.5. The lowest BCUT2D eigenvalue weighted by Crippen LogP contribution is -2.23. The molecule has 6 heteroatoms. The van der Waals surface area contributed by atoms with Gasteiger partial charge in [-0.2, -0.15) is 0 Å². The van der Waals surface area contributed by atoms with Crippen molar-refractivity contribution >= 4 is 28.5 Å². The number of fused-ring (bicyclic) bond motifs is 1. The average Bonchev–Trinajstić information content (AvgIpc) is 2.74. The van der Waals surface area contributed by atoms with Crippen molar-refractivity contribution < 1.29 is 14.3 Å². The molecule has 3 rings (SSSR count). The number of hydrogen-bond donors (Lipinski definition) is 3. The largest absolute Gasteiger partial charge is 0.442 e. The zero-order valence-corrected chi connectivity index (χ0v) is 17.1. The van der Waals surface area contributed by atoms with E-state index in [9.17, 15) is 9.59 Å². The summed E-state index contributed by atoms with van der Waals surface area (Å²) >= 11 is 0. The van der Waals surface area contributed by atoms with Gasteiger partial charge in [-0.15, -0.1) is 0 Å². The van der Waals surface area contributed by atoms with Crippen LogP contribution in [0.5, 0.6) is 0 Å². The molecule has 6 nitrogen and oxygen atoms in total. The van der Waals surface area contributed by atoms with E-state index in [1.165, 1.54) is 0 Å². The van der Waals surface area contributed by atoms with Gasteiger partial charge in [-0.1, -0.05) is 55.8 Å². The fourth-order valence-corrected chi connectivity index (χ4v) is 3.45. The number of unbranched alkanes of at least 4 members (excludes halogenated alkanes) is 1. The van der Waals surface area contributed by atoms with Gasteiger partial charge in [-0.05, 0) is 52.9 Å². The van der Waals surface area contributed by atoms with Gasteiger partial charge in [0, 0.05) is 17.8 Å². The lowest BCUT2D eigenvalue weighted by Gasteiger charge is -2.17. The van der Waals surface area contributed by atoms with Crippen molar-refractivity contribution in [2.45, 2.75) is 38.8 Å². The Morgan fingerprint density at radius 3 is 2.53 bits per heavy atom. The summed E-state index contributed by atoms with van der Waals surface area (Å²) in [7, 11) is 0.